The maximum atomic E-state index is 13.4. The lowest BCUT2D eigenvalue weighted by Crippen LogP contribution is -2.56. The van der Waals surface area contributed by atoms with Crippen molar-refractivity contribution in [3.63, 3.8) is 0 Å². The van der Waals surface area contributed by atoms with E-state index >= 15 is 0 Å². The number of nitrogens with zero attached hydrogens (tertiary/aromatic N) is 2. The van der Waals surface area contributed by atoms with E-state index in [2.05, 4.69) is 13.8 Å². The zero-order valence-corrected chi connectivity index (χ0v) is 21.2. The predicted octanol–water partition coefficient (Wildman–Crippen LogP) is 2.09. The van der Waals surface area contributed by atoms with Gasteiger partial charge in [-0.1, -0.05) is 41.0 Å². The highest BCUT2D eigenvalue weighted by atomic mass is 16.5. The van der Waals surface area contributed by atoms with E-state index < -0.39 is 12.1 Å². The van der Waals surface area contributed by atoms with Crippen molar-refractivity contribution in [2.45, 2.75) is 90.6 Å². The minimum absolute atomic E-state index is 0.0151. The van der Waals surface area contributed by atoms with Crippen LogP contribution in [0.25, 0.3) is 0 Å². The second kappa shape index (κ2) is 13.3. The summed E-state index contributed by atoms with van der Waals surface area (Å²) < 4.78 is 11.4. The largest absolute Gasteiger partial charge is 0.379 e. The molecule has 0 bridgehead atoms. The van der Waals surface area contributed by atoms with Crippen LogP contribution in [0.3, 0.4) is 0 Å². The molecule has 1 heterocycles. The molecule has 0 aromatic rings. The Morgan fingerprint density at radius 2 is 1.81 bits per heavy atom. The fourth-order valence-corrected chi connectivity index (χ4v) is 4.78. The van der Waals surface area contributed by atoms with Crippen LogP contribution in [0, 0.1) is 17.8 Å². The first-order valence-electron chi connectivity index (χ1n) is 11.9. The molecule has 8 heteroatoms. The third kappa shape index (κ3) is 6.75. The van der Waals surface area contributed by atoms with Gasteiger partial charge in [-0.3, -0.25) is 9.59 Å². The zero-order valence-electron chi connectivity index (χ0n) is 21.2. The number of ether oxygens (including phenoxy) is 2. The monoisotopic (exact) mass is 455 g/mol. The maximum absolute atomic E-state index is 13.4. The van der Waals surface area contributed by atoms with Crippen LogP contribution in [-0.4, -0.2) is 86.0 Å². The Balaban J connectivity index is 3.08. The van der Waals surface area contributed by atoms with Crippen LogP contribution >= 0.6 is 0 Å². The van der Waals surface area contributed by atoms with Gasteiger partial charge in [0, 0.05) is 33.7 Å². The molecule has 186 valence electrons. The maximum Gasteiger partial charge on any atom is 0.239 e. The van der Waals surface area contributed by atoms with Gasteiger partial charge in [0.1, 0.15) is 6.29 Å². The normalized spacial score (nSPS) is 22.2. The van der Waals surface area contributed by atoms with E-state index in [1.807, 2.05) is 25.7 Å². The van der Waals surface area contributed by atoms with E-state index in [0.717, 1.165) is 25.5 Å². The number of nitrogens with two attached hydrogens (primary N) is 1. The van der Waals surface area contributed by atoms with E-state index in [1.54, 1.807) is 26.2 Å². The molecule has 0 saturated carbocycles. The molecule has 0 spiro atoms. The average Bonchev–Trinajstić information content (AvgIpc) is 3.26. The van der Waals surface area contributed by atoms with E-state index in [0.29, 0.717) is 6.54 Å². The third-order valence-electron chi connectivity index (χ3n) is 7.09. The molecule has 0 aromatic carbocycles. The molecule has 8 nitrogen and oxygen atoms in total. The van der Waals surface area contributed by atoms with Gasteiger partial charge in [0.05, 0.1) is 36.8 Å². The molecule has 2 N–H and O–H groups in total. The van der Waals surface area contributed by atoms with Gasteiger partial charge in [-0.15, -0.1) is 0 Å². The van der Waals surface area contributed by atoms with Crippen LogP contribution in [0.15, 0.2) is 0 Å². The van der Waals surface area contributed by atoms with Gasteiger partial charge in [0.25, 0.3) is 0 Å². The first-order chi connectivity index (χ1) is 15.0. The molecule has 1 aliphatic rings. The Kier molecular flexibility index (Phi) is 11.8. The number of hydrogen-bond donors (Lipinski definition) is 1. The molecule has 1 rings (SSSR count). The Morgan fingerprint density at radius 3 is 2.28 bits per heavy atom. The number of methoxy groups -OCH3 is 2. The molecule has 4 unspecified atom stereocenters. The van der Waals surface area contributed by atoms with Crippen LogP contribution in [-0.2, 0) is 23.9 Å². The van der Waals surface area contributed by atoms with E-state index in [-0.39, 0.29) is 54.2 Å². The standard InChI is InChI=1S/C24H45N3O5/c1-9-16(4)22(26(6)24(30)21(25)15(2)3)19(31-7)13-20(29)27-12-10-11-18(27)23(32-8)17(5)14-28/h14-19,21-23H,9-13,25H2,1-8H3/t16?,17?,18-,19?,21-,22-,23?/m0/s1. The minimum atomic E-state index is -0.602. The summed E-state index contributed by atoms with van der Waals surface area (Å²) in [5.74, 6) is -0.343. The number of carbonyl (C=O) groups excluding carboxylic acids is 3. The lowest BCUT2D eigenvalue weighted by atomic mass is 9.89. The van der Waals surface area contributed by atoms with E-state index in [4.69, 9.17) is 15.2 Å². The van der Waals surface area contributed by atoms with Gasteiger partial charge < -0.3 is 29.8 Å². The first kappa shape index (κ1) is 28.5. The summed E-state index contributed by atoms with van der Waals surface area (Å²) in [5, 5.41) is 0. The highest BCUT2D eigenvalue weighted by Gasteiger charge is 2.41. The lowest BCUT2D eigenvalue weighted by molar-refractivity contribution is -0.145. The zero-order chi connectivity index (χ0) is 24.6. The molecule has 32 heavy (non-hydrogen) atoms. The van der Waals surface area contributed by atoms with Crippen molar-refractivity contribution < 1.29 is 23.9 Å². The summed E-state index contributed by atoms with van der Waals surface area (Å²) in [7, 11) is 4.92. The molecule has 2 amide bonds. The Hall–Kier alpha value is -1.51. The van der Waals surface area contributed by atoms with Crippen LogP contribution in [0.2, 0.25) is 0 Å². The second-order valence-electron chi connectivity index (χ2n) is 9.57. The van der Waals surface area contributed by atoms with Crippen molar-refractivity contribution in [3.8, 4) is 0 Å². The first-order valence-corrected chi connectivity index (χ1v) is 11.9. The summed E-state index contributed by atoms with van der Waals surface area (Å²) in [5.41, 5.74) is 6.14. The topological polar surface area (TPSA) is 102 Å². The van der Waals surface area contributed by atoms with Crippen molar-refractivity contribution in [2.24, 2.45) is 23.5 Å². The van der Waals surface area contributed by atoms with Gasteiger partial charge in [-0.25, -0.2) is 0 Å². The SMILES string of the molecule is CCC(C)[C@@H](C(CC(=O)N1CCC[C@H]1C(OC)C(C)C=O)OC)N(C)C(=O)[C@@H](N)C(C)C. The quantitative estimate of drug-likeness (QED) is 0.427. The second-order valence-corrected chi connectivity index (χ2v) is 9.57. The number of rotatable bonds is 13. The summed E-state index contributed by atoms with van der Waals surface area (Å²) in [6, 6.07) is -1.02. The highest BCUT2D eigenvalue weighted by Crippen LogP contribution is 2.28. The number of aldehydes is 1. The minimum Gasteiger partial charge on any atom is -0.379 e. The van der Waals surface area contributed by atoms with Crippen LogP contribution in [0.1, 0.15) is 60.3 Å². The molecule has 0 aliphatic carbocycles. The van der Waals surface area contributed by atoms with Crippen LogP contribution in [0.4, 0.5) is 0 Å². The highest BCUT2D eigenvalue weighted by molar-refractivity contribution is 5.82. The molecule has 1 aliphatic heterocycles. The third-order valence-corrected chi connectivity index (χ3v) is 7.09. The Labute approximate surface area is 194 Å². The molecular weight excluding hydrogens is 410 g/mol. The molecule has 7 atom stereocenters. The summed E-state index contributed by atoms with van der Waals surface area (Å²) in [6.45, 7) is 10.4. The number of hydrogen-bond acceptors (Lipinski definition) is 6. The van der Waals surface area contributed by atoms with Gasteiger partial charge in [0.2, 0.25) is 11.8 Å². The van der Waals surface area contributed by atoms with Gasteiger partial charge in [-0.2, -0.15) is 0 Å². The number of likely N-dealkylation sites (N-methyl/N-ethyl adjacent to an activating group) is 1. The van der Waals surface area contributed by atoms with Crippen molar-refractivity contribution in [2.75, 3.05) is 27.8 Å². The summed E-state index contributed by atoms with van der Waals surface area (Å²) >= 11 is 0. The summed E-state index contributed by atoms with van der Waals surface area (Å²) in [6.07, 6.45) is 2.75. The van der Waals surface area contributed by atoms with Crippen molar-refractivity contribution >= 4 is 18.1 Å². The number of carbonyl (C=O) groups is 3. The van der Waals surface area contributed by atoms with E-state index in [9.17, 15) is 14.4 Å². The molecular formula is C24H45N3O5. The summed E-state index contributed by atoms with van der Waals surface area (Å²) in [4.78, 5) is 41.2. The van der Waals surface area contributed by atoms with Crippen LogP contribution in [0.5, 0.6) is 0 Å². The van der Waals surface area contributed by atoms with Crippen molar-refractivity contribution in [1.29, 1.82) is 0 Å². The number of amides is 2. The smallest absolute Gasteiger partial charge is 0.239 e. The van der Waals surface area contributed by atoms with Gasteiger partial charge in [-0.05, 0) is 24.7 Å². The molecule has 1 saturated heterocycles. The molecule has 1 fully saturated rings. The fourth-order valence-electron chi connectivity index (χ4n) is 4.78. The molecule has 0 aromatic heterocycles. The van der Waals surface area contributed by atoms with Crippen molar-refractivity contribution in [1.82, 2.24) is 9.80 Å². The average molecular weight is 456 g/mol. The van der Waals surface area contributed by atoms with E-state index in [1.165, 1.54) is 0 Å². The molecule has 0 radical (unpaired) electrons. The van der Waals surface area contributed by atoms with Gasteiger partial charge >= 0.3 is 0 Å². The fraction of sp³-hybridized carbons (Fsp3) is 0.875. The predicted molar refractivity (Wildman–Crippen MR) is 125 cm³/mol. The van der Waals surface area contributed by atoms with Crippen molar-refractivity contribution in [3.05, 3.63) is 0 Å². The Bertz CT molecular complexity index is 614. The lowest BCUT2D eigenvalue weighted by Gasteiger charge is -2.40. The van der Waals surface area contributed by atoms with Gasteiger partial charge in [0.15, 0.2) is 0 Å². The number of likely N-dealkylation sites (tertiary alicyclic amines) is 1. The van der Waals surface area contributed by atoms with Crippen LogP contribution < -0.4 is 5.73 Å². The Morgan fingerprint density at radius 1 is 1.19 bits per heavy atom.